The molecule has 0 aliphatic carbocycles. The Balaban J connectivity index is 1.98. The number of rotatable bonds is 5. The second-order valence-corrected chi connectivity index (χ2v) is 4.92. The lowest BCUT2D eigenvalue weighted by atomic mass is 10.2. The molecule has 0 radical (unpaired) electrons. The molecule has 1 aromatic carbocycles. The van der Waals surface area contributed by atoms with E-state index in [1.165, 1.54) is 6.07 Å². The molecule has 1 aromatic heterocycles. The second kappa shape index (κ2) is 6.96. The van der Waals surface area contributed by atoms with Crippen LogP contribution in [0.2, 0.25) is 0 Å². The number of hydrogen-bond acceptors (Lipinski definition) is 3. The minimum atomic E-state index is -0.250. The van der Waals surface area contributed by atoms with Gasteiger partial charge in [-0.3, -0.25) is 10.4 Å². The van der Waals surface area contributed by atoms with Crippen LogP contribution in [0.3, 0.4) is 0 Å². The zero-order valence-electron chi connectivity index (χ0n) is 10.6. The van der Waals surface area contributed by atoms with Gasteiger partial charge < -0.3 is 5.32 Å². The van der Waals surface area contributed by atoms with Crippen molar-refractivity contribution in [3.63, 3.8) is 0 Å². The molecular formula is C15H13BrFN3. The van der Waals surface area contributed by atoms with Gasteiger partial charge in [-0.1, -0.05) is 24.3 Å². The van der Waals surface area contributed by atoms with Crippen molar-refractivity contribution in [2.24, 2.45) is 0 Å². The molecule has 0 bridgehead atoms. The van der Waals surface area contributed by atoms with E-state index in [2.05, 4.69) is 26.2 Å². The van der Waals surface area contributed by atoms with Gasteiger partial charge in [0.05, 0.1) is 16.0 Å². The molecule has 0 saturated heterocycles. The fraction of sp³-hybridized carbons (Fsp3) is 0.0667. The lowest BCUT2D eigenvalue weighted by Gasteiger charge is -2.06. The summed E-state index contributed by atoms with van der Waals surface area (Å²) in [5, 5.41) is 10.9. The number of nitrogens with zero attached hydrogens (tertiary/aromatic N) is 1. The summed E-state index contributed by atoms with van der Waals surface area (Å²) in [4.78, 5) is 4.09. The molecule has 0 atom stereocenters. The van der Waals surface area contributed by atoms with E-state index in [0.717, 1.165) is 0 Å². The first kappa shape index (κ1) is 14.4. The summed E-state index contributed by atoms with van der Waals surface area (Å²) >= 11 is 3.32. The summed E-state index contributed by atoms with van der Waals surface area (Å²) in [5.41, 5.74) is 1.43. The highest BCUT2D eigenvalue weighted by Gasteiger charge is 2.03. The molecule has 0 fully saturated rings. The van der Waals surface area contributed by atoms with Crippen molar-refractivity contribution in [1.82, 2.24) is 10.3 Å². The van der Waals surface area contributed by atoms with Crippen LogP contribution in [0.4, 0.5) is 4.39 Å². The fourth-order valence-corrected chi connectivity index (χ4v) is 1.96. The lowest BCUT2D eigenvalue weighted by molar-refractivity contribution is 0.603. The summed E-state index contributed by atoms with van der Waals surface area (Å²) in [6.07, 6.45) is 3.24. The van der Waals surface area contributed by atoms with E-state index >= 15 is 0 Å². The largest absolute Gasteiger partial charge is 0.375 e. The van der Waals surface area contributed by atoms with Crippen molar-refractivity contribution >= 4 is 21.6 Å². The Bertz CT molecular complexity index is 626. The molecule has 0 aliphatic rings. The topological polar surface area (TPSA) is 48.8 Å². The summed E-state index contributed by atoms with van der Waals surface area (Å²) < 4.78 is 14.0. The maximum Gasteiger partial charge on any atom is 0.128 e. The van der Waals surface area contributed by atoms with Crippen molar-refractivity contribution in [3.8, 4) is 0 Å². The summed E-state index contributed by atoms with van der Waals surface area (Å²) in [7, 11) is 0. The molecule has 0 unspecified atom stereocenters. The predicted molar refractivity (Wildman–Crippen MR) is 81.3 cm³/mol. The van der Waals surface area contributed by atoms with E-state index < -0.39 is 0 Å². The molecule has 0 amide bonds. The van der Waals surface area contributed by atoms with Crippen LogP contribution >= 0.6 is 15.9 Å². The Hall–Kier alpha value is -2.01. The molecule has 102 valence electrons. The van der Waals surface area contributed by atoms with Gasteiger partial charge in [-0.25, -0.2) is 4.39 Å². The highest BCUT2D eigenvalue weighted by molar-refractivity contribution is 9.11. The van der Waals surface area contributed by atoms with Crippen LogP contribution in [0, 0.1) is 11.2 Å². The monoisotopic (exact) mass is 333 g/mol. The molecule has 5 heteroatoms. The third-order valence-electron chi connectivity index (χ3n) is 2.62. The quantitative estimate of drug-likeness (QED) is 0.648. The van der Waals surface area contributed by atoms with Gasteiger partial charge in [0.25, 0.3) is 0 Å². The zero-order valence-corrected chi connectivity index (χ0v) is 12.2. The van der Waals surface area contributed by atoms with Crippen molar-refractivity contribution in [2.75, 3.05) is 0 Å². The van der Waals surface area contributed by atoms with Crippen molar-refractivity contribution in [3.05, 3.63) is 76.4 Å². The standard InChI is InChI=1S/C15H13BrFN3/c16-15(9-13(18)14-7-3-4-8-19-14)20-10-11-5-1-2-6-12(11)17/h1-9,18,20H,10H2/b15-9-,18-13?. The molecule has 0 aliphatic heterocycles. The van der Waals surface area contributed by atoms with E-state index in [1.54, 1.807) is 42.6 Å². The third kappa shape index (κ3) is 3.99. The molecule has 20 heavy (non-hydrogen) atoms. The highest BCUT2D eigenvalue weighted by atomic mass is 79.9. The Morgan fingerprint density at radius 1 is 1.25 bits per heavy atom. The van der Waals surface area contributed by atoms with Crippen LogP contribution in [-0.4, -0.2) is 10.7 Å². The van der Waals surface area contributed by atoms with Gasteiger partial charge in [-0.2, -0.15) is 0 Å². The molecule has 2 rings (SSSR count). The van der Waals surface area contributed by atoms with Gasteiger partial charge in [-0.05, 0) is 40.2 Å². The SMILES string of the molecule is N=C(/C=C(/Br)NCc1ccccc1F)c1ccccn1. The second-order valence-electron chi connectivity index (χ2n) is 4.07. The molecule has 1 heterocycles. The van der Waals surface area contributed by atoms with Gasteiger partial charge in [0.15, 0.2) is 0 Å². The first-order valence-electron chi connectivity index (χ1n) is 6.01. The summed E-state index contributed by atoms with van der Waals surface area (Å²) in [6.45, 7) is 0.346. The van der Waals surface area contributed by atoms with E-state index in [-0.39, 0.29) is 11.5 Å². The molecule has 3 nitrogen and oxygen atoms in total. The molecule has 0 saturated carbocycles. The van der Waals surface area contributed by atoms with Crippen molar-refractivity contribution < 1.29 is 4.39 Å². The lowest BCUT2D eigenvalue weighted by Crippen LogP contribution is -2.11. The third-order valence-corrected chi connectivity index (χ3v) is 3.13. The van der Waals surface area contributed by atoms with Gasteiger partial charge in [-0.15, -0.1) is 0 Å². The van der Waals surface area contributed by atoms with Crippen LogP contribution in [0.5, 0.6) is 0 Å². The molecule has 0 spiro atoms. The number of allylic oxidation sites excluding steroid dienone is 1. The minimum Gasteiger partial charge on any atom is -0.375 e. The van der Waals surface area contributed by atoms with Crippen molar-refractivity contribution in [1.29, 1.82) is 5.41 Å². The number of aromatic nitrogens is 1. The molecule has 2 N–H and O–H groups in total. The average molecular weight is 334 g/mol. The molecular weight excluding hydrogens is 321 g/mol. The smallest absolute Gasteiger partial charge is 0.128 e. The molecule has 2 aromatic rings. The van der Waals surface area contributed by atoms with Gasteiger partial charge in [0, 0.05) is 18.3 Å². The maximum atomic E-state index is 13.4. The van der Waals surface area contributed by atoms with E-state index in [0.29, 0.717) is 22.4 Å². The number of pyridine rings is 1. The first-order chi connectivity index (χ1) is 9.66. The summed E-state index contributed by atoms with van der Waals surface area (Å²) in [6, 6.07) is 12.0. The van der Waals surface area contributed by atoms with E-state index in [9.17, 15) is 4.39 Å². The first-order valence-corrected chi connectivity index (χ1v) is 6.80. The number of halogens is 2. The summed E-state index contributed by atoms with van der Waals surface area (Å²) in [5.74, 6) is -0.250. The van der Waals surface area contributed by atoms with Crippen molar-refractivity contribution in [2.45, 2.75) is 6.54 Å². The fourth-order valence-electron chi connectivity index (χ4n) is 1.60. The zero-order chi connectivity index (χ0) is 14.4. The van der Waals surface area contributed by atoms with Crippen LogP contribution in [-0.2, 0) is 6.54 Å². The van der Waals surface area contributed by atoms with Crippen LogP contribution in [0.25, 0.3) is 0 Å². The number of benzene rings is 1. The maximum absolute atomic E-state index is 13.4. The van der Waals surface area contributed by atoms with E-state index in [4.69, 9.17) is 5.41 Å². The van der Waals surface area contributed by atoms with Crippen LogP contribution in [0.1, 0.15) is 11.3 Å². The Morgan fingerprint density at radius 3 is 2.70 bits per heavy atom. The predicted octanol–water partition coefficient (Wildman–Crippen LogP) is 3.61. The van der Waals surface area contributed by atoms with Gasteiger partial charge in [0.1, 0.15) is 5.82 Å². The van der Waals surface area contributed by atoms with Gasteiger partial charge >= 0.3 is 0 Å². The van der Waals surface area contributed by atoms with E-state index in [1.807, 2.05) is 6.07 Å². The number of hydrogen-bond donors (Lipinski definition) is 2. The Labute approximate surface area is 125 Å². The number of nitrogens with one attached hydrogen (secondary N) is 2. The Kier molecular flexibility index (Phi) is 5.01. The normalized spacial score (nSPS) is 11.2. The minimum absolute atomic E-state index is 0.250. The average Bonchev–Trinajstić information content (AvgIpc) is 2.47. The highest BCUT2D eigenvalue weighted by Crippen LogP contribution is 2.09. The van der Waals surface area contributed by atoms with Crippen LogP contribution < -0.4 is 5.32 Å². The van der Waals surface area contributed by atoms with Gasteiger partial charge in [0.2, 0.25) is 0 Å². The van der Waals surface area contributed by atoms with Crippen LogP contribution in [0.15, 0.2) is 59.3 Å². The Morgan fingerprint density at radius 2 is 2.00 bits per heavy atom.